The van der Waals surface area contributed by atoms with E-state index >= 15 is 0 Å². The van der Waals surface area contributed by atoms with Gasteiger partial charge in [0.1, 0.15) is 5.82 Å². The van der Waals surface area contributed by atoms with E-state index in [1.54, 1.807) is 19.1 Å². The van der Waals surface area contributed by atoms with Gasteiger partial charge in [0, 0.05) is 13.1 Å². The Morgan fingerprint density at radius 2 is 2.23 bits per heavy atom. The van der Waals surface area contributed by atoms with Gasteiger partial charge in [-0.3, -0.25) is 14.7 Å². The van der Waals surface area contributed by atoms with Crippen LogP contribution in [0.4, 0.5) is 0 Å². The number of aromatic amines is 1. The molecular formula is C13H14BrN5O3. The van der Waals surface area contributed by atoms with E-state index in [1.165, 1.54) is 4.90 Å². The number of aryl methyl sites for hydroxylation is 1. The smallest absolute Gasteiger partial charge is 0.289 e. The average Bonchev–Trinajstić information content (AvgIpc) is 3.16. The topological polar surface area (TPSA) is 118 Å². The van der Waals surface area contributed by atoms with Crippen molar-refractivity contribution in [3.63, 3.8) is 0 Å². The van der Waals surface area contributed by atoms with Crippen molar-refractivity contribution in [2.45, 2.75) is 12.8 Å². The van der Waals surface area contributed by atoms with Crippen molar-refractivity contribution in [3.8, 4) is 0 Å². The zero-order chi connectivity index (χ0) is 15.9. The zero-order valence-electron chi connectivity index (χ0n) is 11.7. The molecule has 0 radical (unpaired) electrons. The third-order valence-electron chi connectivity index (χ3n) is 3.70. The number of furan rings is 1. The Hall–Kier alpha value is -2.16. The molecule has 1 aliphatic rings. The van der Waals surface area contributed by atoms with Crippen LogP contribution < -0.4 is 5.73 Å². The molecule has 0 aliphatic carbocycles. The molecule has 0 spiro atoms. The highest BCUT2D eigenvalue weighted by Crippen LogP contribution is 2.32. The van der Waals surface area contributed by atoms with Gasteiger partial charge in [0.15, 0.2) is 16.3 Å². The molecule has 0 unspecified atom stereocenters. The Bertz CT molecular complexity index is 725. The van der Waals surface area contributed by atoms with Gasteiger partial charge in [-0.05, 0) is 35.0 Å². The fraction of sp³-hybridized carbons (Fsp3) is 0.385. The van der Waals surface area contributed by atoms with E-state index < -0.39 is 11.8 Å². The highest BCUT2D eigenvalue weighted by atomic mass is 79.9. The highest BCUT2D eigenvalue weighted by Gasteiger charge is 2.42. The number of hydrogen-bond donors (Lipinski definition) is 2. The van der Waals surface area contributed by atoms with Crippen LogP contribution in [0, 0.1) is 12.8 Å². The van der Waals surface area contributed by atoms with Gasteiger partial charge in [-0.15, -0.1) is 0 Å². The van der Waals surface area contributed by atoms with E-state index in [0.717, 1.165) is 0 Å². The number of carbonyl (C=O) groups excluding carboxylic acids is 2. The van der Waals surface area contributed by atoms with Crippen molar-refractivity contribution >= 4 is 27.7 Å². The lowest BCUT2D eigenvalue weighted by molar-refractivity contribution is -0.121. The Labute approximate surface area is 134 Å². The molecule has 3 rings (SSSR count). The second kappa shape index (κ2) is 5.56. The lowest BCUT2D eigenvalue weighted by atomic mass is 9.95. The molecule has 9 heteroatoms. The number of nitrogens with two attached hydrogens (primary N) is 1. The Morgan fingerprint density at radius 3 is 2.77 bits per heavy atom. The minimum Gasteiger partial charge on any atom is -0.444 e. The van der Waals surface area contributed by atoms with Gasteiger partial charge in [0.25, 0.3) is 5.91 Å². The fourth-order valence-corrected chi connectivity index (χ4v) is 2.94. The summed E-state index contributed by atoms with van der Waals surface area (Å²) in [6.07, 6.45) is 0. The molecule has 2 atom stereocenters. The molecule has 0 saturated carbocycles. The molecule has 8 nitrogen and oxygen atoms in total. The first-order valence-corrected chi connectivity index (χ1v) is 7.48. The Balaban J connectivity index is 1.84. The normalized spacial score (nSPS) is 21.3. The van der Waals surface area contributed by atoms with Gasteiger partial charge in [0.2, 0.25) is 5.91 Å². The van der Waals surface area contributed by atoms with Crippen LogP contribution in [-0.4, -0.2) is 45.0 Å². The third-order valence-corrected chi connectivity index (χ3v) is 4.13. The maximum atomic E-state index is 12.4. The predicted octanol–water partition coefficient (Wildman–Crippen LogP) is 0.810. The summed E-state index contributed by atoms with van der Waals surface area (Å²) in [6, 6.07) is 3.22. The number of nitrogens with zero attached hydrogens (tertiary/aromatic N) is 3. The van der Waals surface area contributed by atoms with Gasteiger partial charge in [0.05, 0.1) is 11.8 Å². The summed E-state index contributed by atoms with van der Waals surface area (Å²) in [5, 5.41) is 6.83. The summed E-state index contributed by atoms with van der Waals surface area (Å²) in [5.41, 5.74) is 5.46. The molecule has 0 aromatic carbocycles. The standard InChI is InChI=1S/C13H14BrN5O3/c1-6-16-12(18-17-6)8-5-19(4-7(8)11(15)20)13(21)9-2-3-10(14)22-9/h2-3,7-8H,4-5H2,1H3,(H2,15,20)(H,16,17,18)/t7-,8-/m1/s1. The van der Waals surface area contributed by atoms with E-state index in [9.17, 15) is 9.59 Å². The van der Waals surface area contributed by atoms with Crippen LogP contribution in [0.15, 0.2) is 21.2 Å². The van der Waals surface area contributed by atoms with Crippen LogP contribution in [0.2, 0.25) is 0 Å². The van der Waals surface area contributed by atoms with Crippen LogP contribution in [0.1, 0.15) is 28.1 Å². The minimum absolute atomic E-state index is 0.210. The van der Waals surface area contributed by atoms with Crippen molar-refractivity contribution in [2.75, 3.05) is 13.1 Å². The number of amides is 2. The van der Waals surface area contributed by atoms with Gasteiger partial charge < -0.3 is 15.1 Å². The van der Waals surface area contributed by atoms with Crippen LogP contribution in [0.3, 0.4) is 0 Å². The number of H-pyrrole nitrogens is 1. The molecule has 1 fully saturated rings. The summed E-state index contributed by atoms with van der Waals surface area (Å²) in [7, 11) is 0. The summed E-state index contributed by atoms with van der Waals surface area (Å²) in [5.74, 6) is -0.227. The monoisotopic (exact) mass is 367 g/mol. The van der Waals surface area contributed by atoms with Gasteiger partial charge in [-0.25, -0.2) is 4.98 Å². The third kappa shape index (κ3) is 2.63. The SMILES string of the molecule is Cc1nc([C@@H]2CN(C(=O)c3ccc(Br)o3)C[C@H]2C(N)=O)n[nH]1. The lowest BCUT2D eigenvalue weighted by Gasteiger charge is -2.13. The first-order valence-electron chi connectivity index (χ1n) is 6.68. The molecule has 2 aromatic heterocycles. The number of hydrogen-bond acceptors (Lipinski definition) is 5. The van der Waals surface area contributed by atoms with E-state index in [2.05, 4.69) is 31.1 Å². The number of halogens is 1. The summed E-state index contributed by atoms with van der Waals surface area (Å²) in [4.78, 5) is 29.9. The fourth-order valence-electron chi connectivity index (χ4n) is 2.63. The van der Waals surface area contributed by atoms with Crippen molar-refractivity contribution in [1.82, 2.24) is 20.1 Å². The van der Waals surface area contributed by atoms with Crippen LogP contribution in [0.25, 0.3) is 0 Å². The van der Waals surface area contributed by atoms with Crippen molar-refractivity contribution in [2.24, 2.45) is 11.7 Å². The van der Waals surface area contributed by atoms with E-state index in [4.69, 9.17) is 10.2 Å². The number of likely N-dealkylation sites (tertiary alicyclic amines) is 1. The number of nitrogens with one attached hydrogen (secondary N) is 1. The van der Waals surface area contributed by atoms with Crippen molar-refractivity contribution < 1.29 is 14.0 Å². The maximum Gasteiger partial charge on any atom is 0.289 e. The van der Waals surface area contributed by atoms with Crippen LogP contribution in [-0.2, 0) is 4.79 Å². The number of aromatic nitrogens is 3. The number of primary amides is 1. The second-order valence-electron chi connectivity index (χ2n) is 5.21. The zero-order valence-corrected chi connectivity index (χ0v) is 13.3. The first-order chi connectivity index (χ1) is 10.5. The molecule has 22 heavy (non-hydrogen) atoms. The van der Waals surface area contributed by atoms with Crippen molar-refractivity contribution in [1.29, 1.82) is 0 Å². The molecule has 2 aromatic rings. The average molecular weight is 368 g/mol. The van der Waals surface area contributed by atoms with E-state index in [0.29, 0.717) is 22.9 Å². The number of rotatable bonds is 3. The van der Waals surface area contributed by atoms with Crippen molar-refractivity contribution in [3.05, 3.63) is 34.2 Å². The molecule has 3 heterocycles. The van der Waals surface area contributed by atoms with E-state index in [1.807, 2.05) is 0 Å². The summed E-state index contributed by atoms with van der Waals surface area (Å²) >= 11 is 3.16. The first kappa shape index (κ1) is 14.8. The minimum atomic E-state index is -0.516. The molecule has 3 N–H and O–H groups in total. The number of carbonyl (C=O) groups is 2. The Morgan fingerprint density at radius 1 is 1.45 bits per heavy atom. The molecule has 2 amide bonds. The summed E-state index contributed by atoms with van der Waals surface area (Å²) in [6.45, 7) is 2.32. The molecule has 0 bridgehead atoms. The lowest BCUT2D eigenvalue weighted by Crippen LogP contribution is -2.31. The highest BCUT2D eigenvalue weighted by molar-refractivity contribution is 9.10. The molecule has 116 valence electrons. The molecule has 1 saturated heterocycles. The quantitative estimate of drug-likeness (QED) is 0.831. The molecule has 1 aliphatic heterocycles. The summed E-state index contributed by atoms with van der Waals surface area (Å²) < 4.78 is 5.75. The van der Waals surface area contributed by atoms with Crippen LogP contribution >= 0.6 is 15.9 Å². The van der Waals surface area contributed by atoms with Gasteiger partial charge in [-0.2, -0.15) is 5.10 Å². The molecular weight excluding hydrogens is 354 g/mol. The second-order valence-corrected chi connectivity index (χ2v) is 5.99. The predicted molar refractivity (Wildman–Crippen MR) is 78.9 cm³/mol. The maximum absolute atomic E-state index is 12.4. The van der Waals surface area contributed by atoms with E-state index in [-0.39, 0.29) is 24.1 Å². The largest absolute Gasteiger partial charge is 0.444 e. The Kier molecular flexibility index (Phi) is 3.73. The van der Waals surface area contributed by atoms with Gasteiger partial charge in [-0.1, -0.05) is 0 Å². The van der Waals surface area contributed by atoms with Crippen LogP contribution in [0.5, 0.6) is 0 Å². The van der Waals surface area contributed by atoms with Gasteiger partial charge >= 0.3 is 0 Å².